The molecule has 1 aromatic carbocycles. The largest absolute Gasteiger partial charge is 0.391 e. The second-order valence-electron chi connectivity index (χ2n) is 5.50. The topological polar surface area (TPSA) is 52.6 Å². The Morgan fingerprint density at radius 2 is 2.06 bits per heavy atom. The molecule has 1 aliphatic rings. The first kappa shape index (κ1) is 12.9. The van der Waals surface area contributed by atoms with Crippen LogP contribution in [0.1, 0.15) is 20.3 Å². The monoisotopic (exact) mass is 248 g/mol. The lowest BCUT2D eigenvalue weighted by Gasteiger charge is -2.41. The average Bonchev–Trinajstić information content (AvgIpc) is 2.34. The molecule has 0 saturated carbocycles. The van der Waals surface area contributed by atoms with E-state index in [9.17, 15) is 9.90 Å². The van der Waals surface area contributed by atoms with Crippen LogP contribution in [0, 0.1) is 5.41 Å². The van der Waals surface area contributed by atoms with Crippen LogP contribution in [0.5, 0.6) is 0 Å². The van der Waals surface area contributed by atoms with Crippen LogP contribution in [0.25, 0.3) is 0 Å². The Morgan fingerprint density at radius 1 is 1.39 bits per heavy atom. The van der Waals surface area contributed by atoms with Crippen molar-refractivity contribution in [3.05, 3.63) is 30.3 Å². The van der Waals surface area contributed by atoms with E-state index >= 15 is 0 Å². The zero-order chi connectivity index (χ0) is 13.2. The Kier molecular flexibility index (Phi) is 3.57. The fraction of sp³-hybridized carbons (Fsp3) is 0.500. The summed E-state index contributed by atoms with van der Waals surface area (Å²) in [5.74, 6) is 0. The van der Waals surface area contributed by atoms with Gasteiger partial charge in [0.1, 0.15) is 0 Å². The lowest BCUT2D eigenvalue weighted by atomic mass is 9.80. The van der Waals surface area contributed by atoms with Gasteiger partial charge in [-0.25, -0.2) is 4.79 Å². The number of hydrogen-bond donors (Lipinski definition) is 2. The normalized spacial score (nSPS) is 22.6. The van der Waals surface area contributed by atoms with Crippen LogP contribution in [0.15, 0.2) is 30.3 Å². The first-order valence-electron chi connectivity index (χ1n) is 6.28. The number of likely N-dealkylation sites (tertiary alicyclic amines) is 1. The number of nitrogens with one attached hydrogen (secondary N) is 1. The van der Waals surface area contributed by atoms with E-state index in [1.165, 1.54) is 0 Å². The molecule has 98 valence electrons. The summed E-state index contributed by atoms with van der Waals surface area (Å²) in [5.41, 5.74) is 0.672. The van der Waals surface area contributed by atoms with Gasteiger partial charge in [-0.1, -0.05) is 32.0 Å². The molecule has 1 unspecified atom stereocenters. The number of piperidine rings is 1. The van der Waals surface area contributed by atoms with Gasteiger partial charge in [-0.05, 0) is 24.0 Å². The highest BCUT2D eigenvalue weighted by atomic mass is 16.3. The fourth-order valence-electron chi connectivity index (χ4n) is 2.05. The van der Waals surface area contributed by atoms with Crippen LogP contribution in [-0.4, -0.2) is 35.2 Å². The van der Waals surface area contributed by atoms with Gasteiger partial charge in [-0.15, -0.1) is 0 Å². The number of aliphatic hydroxyl groups excluding tert-OH is 1. The van der Waals surface area contributed by atoms with Gasteiger partial charge in [-0.2, -0.15) is 0 Å². The maximum Gasteiger partial charge on any atom is 0.321 e. The molecule has 1 atom stereocenters. The molecular formula is C14H20N2O2. The Bertz CT molecular complexity index is 417. The van der Waals surface area contributed by atoms with Crippen LogP contribution >= 0.6 is 0 Å². The number of hydrogen-bond acceptors (Lipinski definition) is 2. The van der Waals surface area contributed by atoms with Crippen molar-refractivity contribution in [3.63, 3.8) is 0 Å². The highest BCUT2D eigenvalue weighted by molar-refractivity contribution is 5.89. The molecule has 1 saturated heterocycles. The number of carbonyl (C=O) groups excluding carboxylic acids is 1. The van der Waals surface area contributed by atoms with Crippen molar-refractivity contribution in [2.75, 3.05) is 18.4 Å². The summed E-state index contributed by atoms with van der Waals surface area (Å²) >= 11 is 0. The molecule has 0 radical (unpaired) electrons. The van der Waals surface area contributed by atoms with Gasteiger partial charge in [0.15, 0.2) is 0 Å². The van der Waals surface area contributed by atoms with Gasteiger partial charge in [0.25, 0.3) is 0 Å². The van der Waals surface area contributed by atoms with Crippen LogP contribution in [-0.2, 0) is 0 Å². The summed E-state index contributed by atoms with van der Waals surface area (Å²) < 4.78 is 0. The van der Waals surface area contributed by atoms with Gasteiger partial charge in [0.2, 0.25) is 0 Å². The second kappa shape index (κ2) is 4.98. The lowest BCUT2D eigenvalue weighted by molar-refractivity contribution is -0.0103. The van der Waals surface area contributed by atoms with Gasteiger partial charge in [0.05, 0.1) is 6.10 Å². The maximum absolute atomic E-state index is 12.0. The average molecular weight is 248 g/mol. The van der Waals surface area contributed by atoms with Gasteiger partial charge in [0, 0.05) is 18.8 Å². The van der Waals surface area contributed by atoms with E-state index in [1.54, 1.807) is 4.90 Å². The van der Waals surface area contributed by atoms with E-state index in [1.807, 2.05) is 44.2 Å². The van der Waals surface area contributed by atoms with Gasteiger partial charge >= 0.3 is 6.03 Å². The predicted octanol–water partition coefficient (Wildman–Crippen LogP) is 2.31. The molecule has 4 nitrogen and oxygen atoms in total. The van der Waals surface area contributed by atoms with Crippen molar-refractivity contribution in [2.24, 2.45) is 5.41 Å². The molecule has 1 fully saturated rings. The number of para-hydroxylation sites is 1. The Balaban J connectivity index is 1.95. The second-order valence-corrected chi connectivity index (χ2v) is 5.50. The lowest BCUT2D eigenvalue weighted by Crippen LogP contribution is -2.51. The van der Waals surface area contributed by atoms with Crippen molar-refractivity contribution in [3.8, 4) is 0 Å². The molecule has 4 heteroatoms. The molecule has 0 aromatic heterocycles. The quantitative estimate of drug-likeness (QED) is 0.801. The Labute approximate surface area is 108 Å². The highest BCUT2D eigenvalue weighted by Gasteiger charge is 2.35. The van der Waals surface area contributed by atoms with Gasteiger partial charge < -0.3 is 15.3 Å². The minimum absolute atomic E-state index is 0.108. The summed E-state index contributed by atoms with van der Waals surface area (Å²) in [6, 6.07) is 9.22. The van der Waals surface area contributed by atoms with Crippen LogP contribution in [0.2, 0.25) is 0 Å². The Morgan fingerprint density at radius 3 is 2.67 bits per heavy atom. The van der Waals surface area contributed by atoms with E-state index in [4.69, 9.17) is 0 Å². The number of amides is 2. The summed E-state index contributed by atoms with van der Waals surface area (Å²) in [4.78, 5) is 13.7. The number of rotatable bonds is 1. The smallest absolute Gasteiger partial charge is 0.321 e. The van der Waals surface area contributed by atoms with Crippen LogP contribution in [0.4, 0.5) is 10.5 Å². The number of benzene rings is 1. The van der Waals surface area contributed by atoms with Crippen molar-refractivity contribution in [2.45, 2.75) is 26.4 Å². The van der Waals surface area contributed by atoms with E-state index in [0.717, 1.165) is 12.1 Å². The molecule has 18 heavy (non-hydrogen) atoms. The van der Waals surface area contributed by atoms with Crippen molar-refractivity contribution in [1.29, 1.82) is 0 Å². The fourth-order valence-corrected chi connectivity index (χ4v) is 2.05. The predicted molar refractivity (Wildman–Crippen MR) is 71.4 cm³/mol. The summed E-state index contributed by atoms with van der Waals surface area (Å²) in [6.45, 7) is 5.14. The van der Waals surface area contributed by atoms with E-state index < -0.39 is 6.10 Å². The zero-order valence-electron chi connectivity index (χ0n) is 10.9. The molecule has 1 aromatic rings. The third kappa shape index (κ3) is 2.82. The number of urea groups is 1. The first-order valence-corrected chi connectivity index (χ1v) is 6.28. The molecule has 2 N–H and O–H groups in total. The summed E-state index contributed by atoms with van der Waals surface area (Å²) in [7, 11) is 0. The van der Waals surface area contributed by atoms with E-state index in [2.05, 4.69) is 5.32 Å². The molecule has 0 spiro atoms. The van der Waals surface area contributed by atoms with Crippen molar-refractivity contribution in [1.82, 2.24) is 4.90 Å². The minimum Gasteiger partial charge on any atom is -0.391 e. The molecule has 1 heterocycles. The van der Waals surface area contributed by atoms with E-state index in [-0.39, 0.29) is 11.4 Å². The van der Waals surface area contributed by atoms with Crippen molar-refractivity contribution < 1.29 is 9.90 Å². The minimum atomic E-state index is -0.465. The standard InChI is InChI=1S/C14H20N2O2/c1-14(2)8-9-16(10-12(14)17)13(18)15-11-6-4-3-5-7-11/h3-7,12,17H,8-10H2,1-2H3,(H,15,18). The van der Waals surface area contributed by atoms with E-state index in [0.29, 0.717) is 13.1 Å². The number of nitrogens with zero attached hydrogens (tertiary/aromatic N) is 1. The van der Waals surface area contributed by atoms with Crippen LogP contribution in [0.3, 0.4) is 0 Å². The third-order valence-electron chi connectivity index (χ3n) is 3.63. The molecule has 0 bridgehead atoms. The van der Waals surface area contributed by atoms with Gasteiger partial charge in [-0.3, -0.25) is 0 Å². The number of anilines is 1. The summed E-state index contributed by atoms with van der Waals surface area (Å²) in [6.07, 6.45) is 0.351. The molecule has 0 aliphatic carbocycles. The SMILES string of the molecule is CC1(C)CCN(C(=O)Nc2ccccc2)CC1O. The molecular weight excluding hydrogens is 228 g/mol. The zero-order valence-corrected chi connectivity index (χ0v) is 10.9. The third-order valence-corrected chi connectivity index (χ3v) is 3.63. The number of β-amino-alcohol motifs (C(OH)–C–C–N with tert-alkyl or cyclic N) is 1. The van der Waals surface area contributed by atoms with Crippen molar-refractivity contribution >= 4 is 11.7 Å². The molecule has 2 rings (SSSR count). The Hall–Kier alpha value is -1.55. The number of carbonyl (C=O) groups is 1. The summed E-state index contributed by atoms with van der Waals surface area (Å²) in [5, 5.41) is 12.8. The maximum atomic E-state index is 12.0. The van der Waals surface area contributed by atoms with Crippen LogP contribution < -0.4 is 5.32 Å². The highest BCUT2D eigenvalue weighted by Crippen LogP contribution is 2.30. The first-order chi connectivity index (χ1) is 8.49. The molecule has 2 amide bonds. The number of aliphatic hydroxyl groups is 1. The molecule has 1 aliphatic heterocycles.